The van der Waals surface area contributed by atoms with E-state index in [2.05, 4.69) is 56.8 Å². The second-order valence-corrected chi connectivity index (χ2v) is 7.00. The van der Waals surface area contributed by atoms with E-state index in [1.165, 1.54) is 11.1 Å². The summed E-state index contributed by atoms with van der Waals surface area (Å²) in [5, 5.41) is 0. The third kappa shape index (κ3) is 4.11. The minimum atomic E-state index is -0.186. The summed E-state index contributed by atoms with van der Waals surface area (Å²) in [4.78, 5) is 0. The third-order valence-electron chi connectivity index (χ3n) is 4.78. The average molecular weight is 344 g/mol. The summed E-state index contributed by atoms with van der Waals surface area (Å²) in [6, 6.07) is 22.0. The number of rotatable bonds is 6. The molecule has 0 fully saturated rings. The Morgan fingerprint density at radius 1 is 0.846 bits per heavy atom. The zero-order chi connectivity index (χ0) is 18.5. The molecule has 0 amide bonds. The van der Waals surface area contributed by atoms with Crippen molar-refractivity contribution in [2.75, 3.05) is 0 Å². The van der Waals surface area contributed by atoms with Crippen LogP contribution in [0.15, 0.2) is 79.4 Å². The molecule has 0 heterocycles. The first-order valence-corrected chi connectivity index (χ1v) is 9.18. The van der Waals surface area contributed by atoms with Gasteiger partial charge in [-0.05, 0) is 52.6 Å². The summed E-state index contributed by atoms with van der Waals surface area (Å²) in [6.45, 7) is 8.09. The summed E-state index contributed by atoms with van der Waals surface area (Å²) in [5.74, 6) is 0.312. The van der Waals surface area contributed by atoms with Crippen LogP contribution in [0.4, 0.5) is 4.39 Å². The Morgan fingerprint density at radius 2 is 1.46 bits per heavy atom. The van der Waals surface area contributed by atoms with Crippen molar-refractivity contribution in [1.82, 2.24) is 0 Å². The lowest BCUT2D eigenvalue weighted by Crippen LogP contribution is -1.89. The van der Waals surface area contributed by atoms with Crippen LogP contribution >= 0.6 is 0 Å². The number of halogens is 1. The lowest BCUT2D eigenvalue weighted by atomic mass is 9.96. The molecule has 0 aliphatic carbocycles. The zero-order valence-electron chi connectivity index (χ0n) is 15.5. The van der Waals surface area contributed by atoms with Crippen LogP contribution in [0.2, 0.25) is 0 Å². The van der Waals surface area contributed by atoms with Crippen molar-refractivity contribution in [1.29, 1.82) is 0 Å². The minimum Gasteiger partial charge on any atom is -0.206 e. The third-order valence-corrected chi connectivity index (χ3v) is 4.78. The van der Waals surface area contributed by atoms with Crippen LogP contribution in [0.1, 0.15) is 37.3 Å². The van der Waals surface area contributed by atoms with Gasteiger partial charge in [-0.3, -0.25) is 0 Å². The molecule has 0 bridgehead atoms. The van der Waals surface area contributed by atoms with Crippen LogP contribution in [0.5, 0.6) is 0 Å². The molecule has 0 saturated heterocycles. The maximum absolute atomic E-state index is 14.7. The maximum Gasteiger partial charge on any atom is 0.131 e. The first-order chi connectivity index (χ1) is 12.6. The summed E-state index contributed by atoms with van der Waals surface area (Å²) in [6.07, 6.45) is 3.84. The lowest BCUT2D eigenvalue weighted by Gasteiger charge is -2.10. The Bertz CT molecular complexity index is 871. The Labute approximate surface area is 156 Å². The van der Waals surface area contributed by atoms with Gasteiger partial charge in [0.15, 0.2) is 0 Å². The van der Waals surface area contributed by atoms with E-state index in [4.69, 9.17) is 0 Å². The van der Waals surface area contributed by atoms with Gasteiger partial charge in [0, 0.05) is 5.56 Å². The molecule has 3 aromatic carbocycles. The van der Waals surface area contributed by atoms with Gasteiger partial charge in [0.25, 0.3) is 0 Å². The number of hydrogen-bond acceptors (Lipinski definition) is 0. The average Bonchev–Trinajstić information content (AvgIpc) is 2.67. The van der Waals surface area contributed by atoms with Gasteiger partial charge in [0.05, 0.1) is 0 Å². The Kier molecular flexibility index (Phi) is 5.68. The van der Waals surface area contributed by atoms with Gasteiger partial charge >= 0.3 is 0 Å². The molecule has 0 radical (unpaired) electrons. The standard InChI is InChI=1S/C25H25F/c1-4-5-6-19-7-9-22(10-8-19)24-16-15-23(17-25(24)26)21-13-11-20(12-14-21)18(2)3/h4,7-18H,1,5-6H2,2-3H3. The summed E-state index contributed by atoms with van der Waals surface area (Å²) >= 11 is 0. The fourth-order valence-corrected chi connectivity index (χ4v) is 3.11. The van der Waals surface area contributed by atoms with E-state index in [-0.39, 0.29) is 5.82 Å². The van der Waals surface area contributed by atoms with Crippen molar-refractivity contribution in [2.45, 2.75) is 32.6 Å². The van der Waals surface area contributed by atoms with E-state index >= 15 is 0 Å². The maximum atomic E-state index is 14.7. The largest absolute Gasteiger partial charge is 0.206 e. The van der Waals surface area contributed by atoms with Crippen LogP contribution < -0.4 is 0 Å². The molecule has 0 aromatic heterocycles. The fourth-order valence-electron chi connectivity index (χ4n) is 3.11. The molecular formula is C25H25F. The van der Waals surface area contributed by atoms with E-state index in [0.717, 1.165) is 29.5 Å². The minimum absolute atomic E-state index is 0.186. The van der Waals surface area contributed by atoms with Crippen molar-refractivity contribution in [3.8, 4) is 22.3 Å². The van der Waals surface area contributed by atoms with E-state index in [1.807, 2.05) is 30.3 Å². The molecule has 132 valence electrons. The van der Waals surface area contributed by atoms with Crippen LogP contribution in [-0.2, 0) is 6.42 Å². The quantitative estimate of drug-likeness (QED) is 0.409. The first-order valence-electron chi connectivity index (χ1n) is 9.18. The molecule has 0 spiro atoms. The van der Waals surface area contributed by atoms with E-state index in [1.54, 1.807) is 6.07 Å². The highest BCUT2D eigenvalue weighted by molar-refractivity contribution is 5.71. The van der Waals surface area contributed by atoms with E-state index < -0.39 is 0 Å². The second-order valence-electron chi connectivity index (χ2n) is 7.00. The molecule has 0 aliphatic rings. The van der Waals surface area contributed by atoms with E-state index in [0.29, 0.717) is 11.5 Å². The Hall–Kier alpha value is -2.67. The molecule has 0 saturated carbocycles. The van der Waals surface area contributed by atoms with Gasteiger partial charge < -0.3 is 0 Å². The lowest BCUT2D eigenvalue weighted by molar-refractivity contribution is 0.632. The van der Waals surface area contributed by atoms with Crippen LogP contribution in [0, 0.1) is 5.82 Å². The number of benzene rings is 3. The van der Waals surface area contributed by atoms with Gasteiger partial charge in [-0.15, -0.1) is 6.58 Å². The van der Waals surface area contributed by atoms with Crippen molar-refractivity contribution in [2.24, 2.45) is 0 Å². The van der Waals surface area contributed by atoms with Crippen molar-refractivity contribution >= 4 is 0 Å². The van der Waals surface area contributed by atoms with Gasteiger partial charge in [0.2, 0.25) is 0 Å². The predicted octanol–water partition coefficient (Wildman–Crippen LogP) is 7.40. The summed E-state index contributed by atoms with van der Waals surface area (Å²) in [5.41, 5.74) is 6.04. The highest BCUT2D eigenvalue weighted by atomic mass is 19.1. The topological polar surface area (TPSA) is 0 Å². The Morgan fingerprint density at radius 3 is 2.04 bits per heavy atom. The monoisotopic (exact) mass is 344 g/mol. The van der Waals surface area contributed by atoms with Gasteiger partial charge in [-0.2, -0.15) is 0 Å². The highest BCUT2D eigenvalue weighted by Gasteiger charge is 2.08. The molecule has 26 heavy (non-hydrogen) atoms. The zero-order valence-corrected chi connectivity index (χ0v) is 15.5. The normalized spacial score (nSPS) is 10.9. The van der Waals surface area contributed by atoms with Crippen molar-refractivity contribution in [3.05, 3.63) is 96.3 Å². The predicted molar refractivity (Wildman–Crippen MR) is 110 cm³/mol. The molecule has 0 atom stereocenters. The summed E-state index contributed by atoms with van der Waals surface area (Å²) < 4.78 is 14.7. The molecule has 1 heteroatoms. The molecule has 0 unspecified atom stereocenters. The molecule has 3 aromatic rings. The van der Waals surface area contributed by atoms with Gasteiger partial charge in [-0.25, -0.2) is 4.39 Å². The summed E-state index contributed by atoms with van der Waals surface area (Å²) in [7, 11) is 0. The van der Waals surface area contributed by atoms with Gasteiger partial charge in [0.1, 0.15) is 5.82 Å². The van der Waals surface area contributed by atoms with Crippen molar-refractivity contribution in [3.63, 3.8) is 0 Å². The highest BCUT2D eigenvalue weighted by Crippen LogP contribution is 2.29. The number of allylic oxidation sites excluding steroid dienone is 1. The van der Waals surface area contributed by atoms with Crippen LogP contribution in [0.3, 0.4) is 0 Å². The first kappa shape index (κ1) is 18.1. The molecule has 3 rings (SSSR count). The van der Waals surface area contributed by atoms with E-state index in [9.17, 15) is 4.39 Å². The number of hydrogen-bond donors (Lipinski definition) is 0. The smallest absolute Gasteiger partial charge is 0.131 e. The molecule has 0 aliphatic heterocycles. The number of aryl methyl sites for hydroxylation is 1. The Balaban J connectivity index is 1.84. The molecule has 0 N–H and O–H groups in total. The van der Waals surface area contributed by atoms with Crippen LogP contribution in [0.25, 0.3) is 22.3 Å². The second kappa shape index (κ2) is 8.14. The van der Waals surface area contributed by atoms with Gasteiger partial charge in [-0.1, -0.05) is 80.6 Å². The fraction of sp³-hybridized carbons (Fsp3) is 0.200. The molecular weight excluding hydrogens is 319 g/mol. The van der Waals surface area contributed by atoms with Crippen molar-refractivity contribution < 1.29 is 4.39 Å². The molecule has 0 nitrogen and oxygen atoms in total. The van der Waals surface area contributed by atoms with Crippen LogP contribution in [-0.4, -0.2) is 0 Å². The SMILES string of the molecule is C=CCCc1ccc(-c2ccc(-c3ccc(C(C)C)cc3)cc2F)cc1.